The van der Waals surface area contributed by atoms with Crippen LogP contribution in [0, 0.1) is 10.1 Å². The quantitative estimate of drug-likeness (QED) is 0.508. The number of hydrogen-bond acceptors (Lipinski definition) is 5. The predicted molar refractivity (Wildman–Crippen MR) is 112 cm³/mol. The van der Waals surface area contributed by atoms with Gasteiger partial charge in [0, 0.05) is 30.4 Å². The van der Waals surface area contributed by atoms with E-state index in [1.54, 1.807) is 0 Å². The third kappa shape index (κ3) is 5.01. The molecule has 8 nitrogen and oxygen atoms in total. The number of hydrogen-bond donors (Lipinski definition) is 1. The van der Waals surface area contributed by atoms with Crippen LogP contribution in [0.2, 0.25) is 0 Å². The minimum Gasteiger partial charge on any atom is -0.322 e. The molecule has 1 aliphatic heterocycles. The average Bonchev–Trinajstić information content (AvgIpc) is 2.98. The molecule has 1 aliphatic rings. The van der Waals surface area contributed by atoms with Crippen molar-refractivity contribution in [2.24, 2.45) is 0 Å². The van der Waals surface area contributed by atoms with E-state index in [0.29, 0.717) is 18.8 Å². The van der Waals surface area contributed by atoms with Crippen LogP contribution >= 0.6 is 15.9 Å². The molecule has 29 heavy (non-hydrogen) atoms. The molecule has 1 heterocycles. The van der Waals surface area contributed by atoms with Crippen LogP contribution in [0.3, 0.4) is 0 Å². The fourth-order valence-electron chi connectivity index (χ4n) is 3.14. The summed E-state index contributed by atoms with van der Waals surface area (Å²) in [6, 6.07) is 10.0. The Labute approximate surface area is 177 Å². The first kappa shape index (κ1) is 21.4. The summed E-state index contributed by atoms with van der Waals surface area (Å²) >= 11 is 3.08. The molecule has 3 rings (SSSR count). The zero-order valence-electron chi connectivity index (χ0n) is 15.5. The van der Waals surface area contributed by atoms with Crippen molar-refractivity contribution in [3.63, 3.8) is 0 Å². The van der Waals surface area contributed by atoms with Gasteiger partial charge in [0.05, 0.1) is 14.3 Å². The number of rotatable bonds is 5. The highest BCUT2D eigenvalue weighted by molar-refractivity contribution is 9.10. The van der Waals surface area contributed by atoms with E-state index >= 15 is 0 Å². The lowest BCUT2D eigenvalue weighted by molar-refractivity contribution is -0.385. The van der Waals surface area contributed by atoms with Crippen LogP contribution in [-0.4, -0.2) is 36.6 Å². The van der Waals surface area contributed by atoms with Crippen molar-refractivity contribution < 1.29 is 18.1 Å². The molecule has 1 amide bonds. The van der Waals surface area contributed by atoms with Gasteiger partial charge in [0.15, 0.2) is 0 Å². The predicted octanol–water partition coefficient (Wildman–Crippen LogP) is 4.17. The largest absolute Gasteiger partial charge is 0.322 e. The van der Waals surface area contributed by atoms with Crippen LogP contribution in [0.1, 0.15) is 36.0 Å². The number of benzene rings is 2. The molecule has 0 saturated carbocycles. The number of halogens is 1. The van der Waals surface area contributed by atoms with Gasteiger partial charge in [0.25, 0.3) is 11.6 Å². The van der Waals surface area contributed by atoms with E-state index in [1.165, 1.54) is 46.8 Å². The molecule has 2 aromatic rings. The number of carbonyl (C=O) groups excluding carboxylic acids is 1. The fraction of sp³-hybridized carbons (Fsp3) is 0.316. The van der Waals surface area contributed by atoms with Gasteiger partial charge in [-0.15, -0.1) is 0 Å². The molecule has 0 unspecified atom stereocenters. The van der Waals surface area contributed by atoms with Gasteiger partial charge in [-0.25, -0.2) is 8.42 Å². The molecule has 0 bridgehead atoms. The lowest BCUT2D eigenvalue weighted by Gasteiger charge is -2.20. The van der Waals surface area contributed by atoms with Crippen molar-refractivity contribution in [2.45, 2.75) is 30.6 Å². The van der Waals surface area contributed by atoms with Crippen LogP contribution < -0.4 is 5.32 Å². The first-order valence-electron chi connectivity index (χ1n) is 9.14. The van der Waals surface area contributed by atoms with Crippen LogP contribution in [0.4, 0.5) is 11.4 Å². The molecular weight excluding hydrogens is 462 g/mol. The standard InChI is InChI=1S/C19H20BrN3O5S/c20-17-10-5-14(13-18(17)23(25)26)19(24)21-15-6-8-16(9-7-15)29(27,28)22-11-3-1-2-4-12-22/h5-10,13H,1-4,11-12H2,(H,21,24). The van der Waals surface area contributed by atoms with Crippen LogP contribution in [0.25, 0.3) is 0 Å². The topological polar surface area (TPSA) is 110 Å². The smallest absolute Gasteiger partial charge is 0.284 e. The number of anilines is 1. The summed E-state index contributed by atoms with van der Waals surface area (Å²) in [6.07, 6.45) is 3.77. The first-order valence-corrected chi connectivity index (χ1v) is 11.4. The highest BCUT2D eigenvalue weighted by Gasteiger charge is 2.25. The van der Waals surface area contributed by atoms with Crippen molar-refractivity contribution in [3.8, 4) is 0 Å². The Bertz CT molecular complexity index is 1020. The monoisotopic (exact) mass is 481 g/mol. The number of nitrogens with zero attached hydrogens (tertiary/aromatic N) is 2. The summed E-state index contributed by atoms with van der Waals surface area (Å²) in [5.74, 6) is -0.524. The molecule has 0 radical (unpaired) electrons. The third-order valence-corrected chi connectivity index (χ3v) is 7.30. The Balaban J connectivity index is 1.74. The minimum atomic E-state index is -3.56. The maximum atomic E-state index is 12.8. The van der Waals surface area contributed by atoms with E-state index in [2.05, 4.69) is 21.2 Å². The molecule has 0 aliphatic carbocycles. The molecule has 1 saturated heterocycles. The summed E-state index contributed by atoms with van der Waals surface area (Å²) in [5.41, 5.74) is 0.313. The Morgan fingerprint density at radius 3 is 2.24 bits per heavy atom. The summed E-state index contributed by atoms with van der Waals surface area (Å²) in [6.45, 7) is 1.03. The zero-order chi connectivity index (χ0) is 21.0. The normalized spacial score (nSPS) is 15.5. The van der Waals surface area contributed by atoms with Crippen LogP contribution in [0.15, 0.2) is 51.8 Å². The Morgan fingerprint density at radius 2 is 1.66 bits per heavy atom. The Morgan fingerprint density at radius 1 is 1.03 bits per heavy atom. The Kier molecular flexibility index (Phi) is 6.66. The van der Waals surface area contributed by atoms with Gasteiger partial charge >= 0.3 is 0 Å². The number of nitrogens with one attached hydrogen (secondary N) is 1. The molecule has 0 aromatic heterocycles. The second-order valence-corrected chi connectivity index (χ2v) is 9.51. The number of sulfonamides is 1. The molecule has 1 N–H and O–H groups in total. The number of nitro groups is 1. The van der Waals surface area contributed by atoms with Gasteiger partial charge in [-0.3, -0.25) is 14.9 Å². The van der Waals surface area contributed by atoms with Crippen molar-refractivity contribution in [2.75, 3.05) is 18.4 Å². The van der Waals surface area contributed by atoms with E-state index in [9.17, 15) is 23.3 Å². The highest BCUT2D eigenvalue weighted by atomic mass is 79.9. The molecular formula is C19H20BrN3O5S. The summed E-state index contributed by atoms with van der Waals surface area (Å²) in [5, 5.41) is 13.6. The number of amides is 1. The second-order valence-electron chi connectivity index (χ2n) is 6.72. The van der Waals surface area contributed by atoms with E-state index in [4.69, 9.17) is 0 Å². The van der Waals surface area contributed by atoms with E-state index in [-0.39, 0.29) is 20.6 Å². The van der Waals surface area contributed by atoms with Crippen molar-refractivity contribution in [1.29, 1.82) is 0 Å². The van der Waals surface area contributed by atoms with Gasteiger partial charge < -0.3 is 5.32 Å². The molecule has 1 fully saturated rings. The number of nitro benzene ring substituents is 1. The lowest BCUT2D eigenvalue weighted by Crippen LogP contribution is -2.31. The SMILES string of the molecule is O=C(Nc1ccc(S(=O)(=O)N2CCCCCC2)cc1)c1ccc(Br)c([N+](=O)[O-])c1. The fourth-order valence-corrected chi connectivity index (χ4v) is 5.05. The van der Waals surface area contributed by atoms with Crippen molar-refractivity contribution >= 4 is 43.2 Å². The maximum Gasteiger partial charge on any atom is 0.284 e. The van der Waals surface area contributed by atoms with Gasteiger partial charge in [-0.1, -0.05) is 12.8 Å². The summed E-state index contributed by atoms with van der Waals surface area (Å²) in [7, 11) is -3.56. The van der Waals surface area contributed by atoms with Crippen LogP contribution in [0.5, 0.6) is 0 Å². The van der Waals surface area contributed by atoms with Gasteiger partial charge in [-0.2, -0.15) is 4.31 Å². The molecule has 10 heteroatoms. The van der Waals surface area contributed by atoms with Crippen LogP contribution in [-0.2, 0) is 10.0 Å². The first-order chi connectivity index (χ1) is 13.8. The zero-order valence-corrected chi connectivity index (χ0v) is 17.9. The molecule has 0 spiro atoms. The molecule has 154 valence electrons. The maximum absolute atomic E-state index is 12.8. The molecule has 0 atom stereocenters. The number of carbonyl (C=O) groups is 1. The van der Waals surface area contributed by atoms with Crippen molar-refractivity contribution in [1.82, 2.24) is 4.31 Å². The minimum absolute atomic E-state index is 0.126. The van der Waals surface area contributed by atoms with E-state index in [0.717, 1.165) is 25.7 Å². The van der Waals surface area contributed by atoms with E-state index < -0.39 is 20.9 Å². The highest BCUT2D eigenvalue weighted by Crippen LogP contribution is 2.26. The van der Waals surface area contributed by atoms with Crippen molar-refractivity contribution in [3.05, 3.63) is 62.6 Å². The van der Waals surface area contributed by atoms with E-state index in [1.807, 2.05) is 0 Å². The third-order valence-electron chi connectivity index (χ3n) is 4.72. The van der Waals surface area contributed by atoms with Gasteiger partial charge in [0.1, 0.15) is 0 Å². The lowest BCUT2D eigenvalue weighted by atomic mass is 10.2. The van der Waals surface area contributed by atoms with Gasteiger partial charge in [-0.05, 0) is 65.2 Å². The average molecular weight is 482 g/mol. The van der Waals surface area contributed by atoms with Gasteiger partial charge in [0.2, 0.25) is 10.0 Å². The summed E-state index contributed by atoms with van der Waals surface area (Å²) in [4.78, 5) is 23.0. The Hall–Kier alpha value is -2.30. The second kappa shape index (κ2) is 9.02. The summed E-state index contributed by atoms with van der Waals surface area (Å²) < 4.78 is 27.4. The molecule has 2 aromatic carbocycles.